The lowest BCUT2D eigenvalue weighted by Crippen LogP contribution is -2.19. The molecule has 0 aliphatic heterocycles. The van der Waals surface area contributed by atoms with Crippen LogP contribution in [0.4, 0.5) is 0 Å². The molecule has 0 amide bonds. The van der Waals surface area contributed by atoms with Crippen LogP contribution in [0.2, 0.25) is 5.02 Å². The average Bonchev–Trinajstić information content (AvgIpc) is 3.24. The topological polar surface area (TPSA) is 94.8 Å². The van der Waals surface area contributed by atoms with E-state index in [9.17, 15) is 5.11 Å². The van der Waals surface area contributed by atoms with Gasteiger partial charge >= 0.3 is 0 Å². The minimum atomic E-state index is -0.592. The van der Waals surface area contributed by atoms with Crippen molar-refractivity contribution >= 4 is 34.4 Å². The molecule has 0 radical (unpaired) electrons. The third kappa shape index (κ3) is 4.10. The van der Waals surface area contributed by atoms with E-state index < -0.39 is 6.10 Å². The molecule has 2 heterocycles. The Hall–Kier alpha value is -2.55. The molecule has 2 aromatic heterocycles. The summed E-state index contributed by atoms with van der Waals surface area (Å²) in [5.41, 5.74) is 5.14. The molecule has 4 rings (SSSR count). The normalized spacial score (nSPS) is 12.6. The molecule has 2 aromatic carbocycles. The molecule has 0 saturated heterocycles. The highest BCUT2D eigenvalue weighted by molar-refractivity contribution is 7.99. The van der Waals surface area contributed by atoms with E-state index in [-0.39, 0.29) is 0 Å². The molecule has 1 unspecified atom stereocenters. The lowest BCUT2D eigenvalue weighted by Gasteiger charge is -2.12. The summed E-state index contributed by atoms with van der Waals surface area (Å²) >= 11 is 7.40. The summed E-state index contributed by atoms with van der Waals surface area (Å²) in [6.45, 7) is 4.58. The first-order valence-electron chi connectivity index (χ1n) is 9.12. The first-order valence-corrected chi connectivity index (χ1v) is 10.5. The molecule has 3 N–H and O–H groups in total. The second-order valence-electron chi connectivity index (χ2n) is 6.97. The van der Waals surface area contributed by atoms with Crippen LogP contribution in [0, 0.1) is 13.8 Å². The Kier molecular flexibility index (Phi) is 5.49. The molecule has 7 nitrogen and oxygen atoms in total. The van der Waals surface area contributed by atoms with Crippen molar-refractivity contribution in [1.29, 1.82) is 0 Å². The maximum atomic E-state index is 10.5. The summed E-state index contributed by atoms with van der Waals surface area (Å²) in [4.78, 5) is 4.44. The number of aliphatic hydroxyl groups excluding tert-OH is 1. The summed E-state index contributed by atoms with van der Waals surface area (Å²) in [5, 5.41) is 20.0. The van der Waals surface area contributed by atoms with Crippen LogP contribution in [0.3, 0.4) is 0 Å². The number of aromatic nitrogens is 5. The van der Waals surface area contributed by atoms with Crippen LogP contribution in [0.1, 0.15) is 11.1 Å². The number of hydrogen-bond acceptors (Lipinski definition) is 6. The predicted octanol–water partition coefficient (Wildman–Crippen LogP) is 3.43. The largest absolute Gasteiger partial charge is 0.390 e. The molecule has 9 heteroatoms. The summed E-state index contributed by atoms with van der Waals surface area (Å²) in [5.74, 6) is 7.09. The average molecular weight is 429 g/mol. The van der Waals surface area contributed by atoms with Crippen molar-refractivity contribution in [1.82, 2.24) is 24.4 Å². The van der Waals surface area contributed by atoms with E-state index in [0.29, 0.717) is 28.3 Å². The highest BCUT2D eigenvalue weighted by Crippen LogP contribution is 2.25. The van der Waals surface area contributed by atoms with E-state index in [1.807, 2.05) is 16.7 Å². The molecule has 29 heavy (non-hydrogen) atoms. The summed E-state index contributed by atoms with van der Waals surface area (Å²) < 4.78 is 3.39. The number of benzene rings is 2. The Balaban J connectivity index is 1.44. The van der Waals surface area contributed by atoms with Crippen LogP contribution in [-0.4, -0.2) is 41.4 Å². The van der Waals surface area contributed by atoms with E-state index >= 15 is 0 Å². The highest BCUT2D eigenvalue weighted by Gasteiger charge is 2.15. The molecule has 0 bridgehead atoms. The highest BCUT2D eigenvalue weighted by atomic mass is 35.5. The number of nitrogen functional groups attached to an aromatic ring is 1. The minimum Gasteiger partial charge on any atom is -0.390 e. The molecular formula is C20H21ClN6OS. The van der Waals surface area contributed by atoms with E-state index in [2.05, 4.69) is 41.2 Å². The van der Waals surface area contributed by atoms with Crippen molar-refractivity contribution in [3.63, 3.8) is 0 Å². The summed E-state index contributed by atoms with van der Waals surface area (Å²) in [6.07, 6.45) is 1.17. The number of nitrogens with two attached hydrogens (primary N) is 1. The van der Waals surface area contributed by atoms with Gasteiger partial charge < -0.3 is 15.5 Å². The smallest absolute Gasteiger partial charge is 0.210 e. The monoisotopic (exact) mass is 428 g/mol. The Morgan fingerprint density at radius 2 is 1.97 bits per heavy atom. The van der Waals surface area contributed by atoms with Gasteiger partial charge in [-0.15, -0.1) is 10.2 Å². The molecule has 150 valence electrons. The van der Waals surface area contributed by atoms with Crippen LogP contribution in [0.5, 0.6) is 0 Å². The van der Waals surface area contributed by atoms with Crippen molar-refractivity contribution in [3.05, 3.63) is 58.9 Å². The van der Waals surface area contributed by atoms with E-state index in [1.165, 1.54) is 27.6 Å². The summed E-state index contributed by atoms with van der Waals surface area (Å²) in [7, 11) is 0. The Morgan fingerprint density at radius 3 is 2.76 bits per heavy atom. The molecular weight excluding hydrogens is 408 g/mol. The van der Waals surface area contributed by atoms with Crippen molar-refractivity contribution in [2.75, 3.05) is 11.6 Å². The Morgan fingerprint density at radius 1 is 1.17 bits per heavy atom. The Labute approximate surface area is 177 Å². The van der Waals surface area contributed by atoms with Gasteiger partial charge in [-0.25, -0.2) is 9.66 Å². The molecule has 1 atom stereocenters. The van der Waals surface area contributed by atoms with Crippen LogP contribution >= 0.6 is 23.4 Å². The van der Waals surface area contributed by atoms with Crippen molar-refractivity contribution in [2.24, 2.45) is 0 Å². The minimum absolute atomic E-state index is 0.426. The fourth-order valence-electron chi connectivity index (χ4n) is 3.11. The van der Waals surface area contributed by atoms with Gasteiger partial charge in [0.25, 0.3) is 0 Å². The molecule has 0 spiro atoms. The third-order valence-electron chi connectivity index (χ3n) is 4.80. The zero-order valence-corrected chi connectivity index (χ0v) is 17.7. The maximum absolute atomic E-state index is 10.5. The SMILES string of the molecule is Cc1cc2ncn(CC(O)CSc3nnc(-c4cccc(Cl)c4)n3N)c2cc1C. The quantitative estimate of drug-likeness (QED) is 0.361. The van der Waals surface area contributed by atoms with E-state index in [1.54, 1.807) is 18.5 Å². The third-order valence-corrected chi connectivity index (χ3v) is 6.12. The van der Waals surface area contributed by atoms with Gasteiger partial charge in [-0.3, -0.25) is 0 Å². The zero-order chi connectivity index (χ0) is 20.5. The second kappa shape index (κ2) is 8.06. The Bertz CT molecular complexity index is 1170. The predicted molar refractivity (Wildman–Crippen MR) is 117 cm³/mol. The number of thioether (sulfide) groups is 1. The summed E-state index contributed by atoms with van der Waals surface area (Å²) in [6, 6.07) is 11.4. The fourth-order valence-corrected chi connectivity index (χ4v) is 4.07. The molecule has 4 aromatic rings. The molecule has 0 aliphatic rings. The van der Waals surface area contributed by atoms with Gasteiger partial charge in [-0.05, 0) is 49.2 Å². The number of aliphatic hydroxyl groups is 1. The lowest BCUT2D eigenvalue weighted by molar-refractivity contribution is 0.179. The fraction of sp³-hybridized carbons (Fsp3) is 0.250. The van der Waals surface area contributed by atoms with Crippen molar-refractivity contribution in [2.45, 2.75) is 31.7 Å². The number of imidazole rings is 1. The van der Waals surface area contributed by atoms with Crippen LogP contribution in [0.15, 0.2) is 47.9 Å². The van der Waals surface area contributed by atoms with Crippen molar-refractivity contribution in [3.8, 4) is 11.4 Å². The maximum Gasteiger partial charge on any atom is 0.210 e. The van der Waals surface area contributed by atoms with Gasteiger partial charge in [0.2, 0.25) is 5.16 Å². The van der Waals surface area contributed by atoms with Gasteiger partial charge in [-0.2, -0.15) is 0 Å². The number of hydrogen-bond donors (Lipinski definition) is 2. The number of nitrogens with zero attached hydrogens (tertiary/aromatic N) is 5. The van der Waals surface area contributed by atoms with Crippen LogP contribution in [0.25, 0.3) is 22.4 Å². The lowest BCUT2D eigenvalue weighted by atomic mass is 10.1. The zero-order valence-electron chi connectivity index (χ0n) is 16.1. The molecule has 0 aliphatic carbocycles. The first-order chi connectivity index (χ1) is 13.9. The van der Waals surface area contributed by atoms with Crippen LogP contribution < -0.4 is 5.84 Å². The number of fused-ring (bicyclic) bond motifs is 1. The van der Waals surface area contributed by atoms with Gasteiger partial charge in [-0.1, -0.05) is 35.5 Å². The van der Waals surface area contributed by atoms with Gasteiger partial charge in [0.15, 0.2) is 5.82 Å². The first kappa shape index (κ1) is 19.8. The number of halogens is 1. The van der Waals surface area contributed by atoms with Crippen molar-refractivity contribution < 1.29 is 5.11 Å². The molecule has 0 saturated carbocycles. The van der Waals surface area contributed by atoms with Gasteiger partial charge in [0, 0.05) is 16.3 Å². The van der Waals surface area contributed by atoms with Gasteiger partial charge in [0.1, 0.15) is 0 Å². The number of rotatable bonds is 6. The van der Waals surface area contributed by atoms with E-state index in [4.69, 9.17) is 17.4 Å². The standard InChI is InChI=1S/C20H21ClN6OS/c1-12-6-17-18(7-13(12)2)26(11-23-17)9-16(28)10-29-20-25-24-19(27(20)22)14-4-3-5-15(21)8-14/h3-8,11,16,28H,9-10,22H2,1-2H3. The number of aryl methyl sites for hydroxylation is 2. The molecule has 0 fully saturated rings. The van der Waals surface area contributed by atoms with E-state index in [0.717, 1.165) is 16.6 Å². The van der Waals surface area contributed by atoms with Gasteiger partial charge in [0.05, 0.1) is 30.0 Å². The van der Waals surface area contributed by atoms with Crippen LogP contribution in [-0.2, 0) is 6.54 Å². The second-order valence-corrected chi connectivity index (χ2v) is 8.40.